The van der Waals surface area contributed by atoms with E-state index in [0.29, 0.717) is 0 Å². The molecule has 0 fully saturated rings. The molecule has 0 bridgehead atoms. The molecule has 0 atom stereocenters. The molecule has 5 nitrogen and oxygen atoms in total. The molecule has 1 aromatic rings. The van der Waals surface area contributed by atoms with E-state index in [9.17, 15) is 9.59 Å². The van der Waals surface area contributed by atoms with E-state index in [2.05, 4.69) is 15.5 Å². The Morgan fingerprint density at radius 1 is 1.50 bits per heavy atom. The summed E-state index contributed by atoms with van der Waals surface area (Å²) in [7, 11) is 0. The van der Waals surface area contributed by atoms with Crippen LogP contribution in [0.4, 0.5) is 4.79 Å². The highest BCUT2D eigenvalue weighted by atomic mass is 16.6. The van der Waals surface area contributed by atoms with Gasteiger partial charge in [0.15, 0.2) is 0 Å². The zero-order chi connectivity index (χ0) is 8.97. The van der Waals surface area contributed by atoms with Crippen LogP contribution in [0.2, 0.25) is 0 Å². The Bertz CT molecular complexity index is 297. The lowest BCUT2D eigenvalue weighted by Gasteiger charge is -1.96. The van der Waals surface area contributed by atoms with Crippen molar-refractivity contribution in [3.05, 3.63) is 30.1 Å². The summed E-state index contributed by atoms with van der Waals surface area (Å²) in [5, 5.41) is 0. The summed E-state index contributed by atoms with van der Waals surface area (Å²) in [5.41, 5.74) is 4.82. The number of hydrogen-bond acceptors (Lipinski definition) is 4. The van der Waals surface area contributed by atoms with Gasteiger partial charge in [-0.25, -0.2) is 9.59 Å². The van der Waals surface area contributed by atoms with Crippen LogP contribution in [0.15, 0.2) is 24.5 Å². The quantitative estimate of drug-likeness (QED) is 0.481. The van der Waals surface area contributed by atoms with E-state index in [1.165, 1.54) is 18.5 Å². The van der Waals surface area contributed by atoms with Crippen LogP contribution in [-0.4, -0.2) is 17.0 Å². The number of nitrogens with zero attached hydrogens (tertiary/aromatic N) is 1. The van der Waals surface area contributed by atoms with E-state index in [-0.39, 0.29) is 5.56 Å². The monoisotopic (exact) mass is 166 g/mol. The van der Waals surface area contributed by atoms with Gasteiger partial charge in [-0.3, -0.25) is 4.98 Å². The lowest BCUT2D eigenvalue weighted by atomic mass is 10.3. The number of carbonyl (C=O) groups is 2. The van der Waals surface area contributed by atoms with Crippen molar-refractivity contribution in [1.29, 1.82) is 0 Å². The predicted molar refractivity (Wildman–Crippen MR) is 39.2 cm³/mol. The molecule has 1 amide bonds. The molecule has 1 heterocycles. The van der Waals surface area contributed by atoms with Gasteiger partial charge >= 0.3 is 12.1 Å². The molecule has 0 saturated heterocycles. The number of carbonyl (C=O) groups excluding carboxylic acids is 2. The number of hydrogen-bond donors (Lipinski definition) is 1. The lowest BCUT2D eigenvalue weighted by molar-refractivity contribution is 0.0638. The molecule has 1 aromatic heterocycles. The first-order valence-corrected chi connectivity index (χ1v) is 3.12. The highest BCUT2D eigenvalue weighted by Crippen LogP contribution is 1.97. The number of aromatic nitrogens is 1. The maximum absolute atomic E-state index is 10.9. The smallest absolute Gasteiger partial charge is 0.373 e. The Morgan fingerprint density at radius 3 is 2.75 bits per heavy atom. The number of amides is 1. The van der Waals surface area contributed by atoms with Gasteiger partial charge in [0.05, 0.1) is 5.56 Å². The van der Waals surface area contributed by atoms with Crippen molar-refractivity contribution in [3.8, 4) is 0 Å². The predicted octanol–water partition coefficient (Wildman–Crippen LogP) is 0.317. The minimum Gasteiger partial charge on any atom is -0.373 e. The van der Waals surface area contributed by atoms with E-state index in [0.717, 1.165) is 0 Å². The Kier molecular flexibility index (Phi) is 2.37. The van der Waals surface area contributed by atoms with Gasteiger partial charge in [-0.05, 0) is 12.1 Å². The number of nitrogens with two attached hydrogens (primary N) is 1. The number of pyridine rings is 1. The van der Waals surface area contributed by atoms with Gasteiger partial charge in [0.2, 0.25) is 0 Å². The van der Waals surface area contributed by atoms with Crippen molar-refractivity contribution < 1.29 is 14.3 Å². The highest BCUT2D eigenvalue weighted by molar-refractivity contribution is 5.95. The highest BCUT2D eigenvalue weighted by Gasteiger charge is 2.08. The molecule has 0 aromatic carbocycles. The minimum atomic E-state index is -1.12. The maximum atomic E-state index is 10.9. The zero-order valence-corrected chi connectivity index (χ0v) is 6.06. The summed E-state index contributed by atoms with van der Waals surface area (Å²) in [6, 6.07) is 3.02. The van der Waals surface area contributed by atoms with Crippen molar-refractivity contribution in [2.24, 2.45) is 5.73 Å². The van der Waals surface area contributed by atoms with Crippen LogP contribution in [0.25, 0.3) is 0 Å². The summed E-state index contributed by atoms with van der Waals surface area (Å²) in [6.07, 6.45) is 1.66. The summed E-state index contributed by atoms with van der Waals surface area (Å²) >= 11 is 0. The van der Waals surface area contributed by atoms with E-state index in [4.69, 9.17) is 0 Å². The van der Waals surface area contributed by atoms with Crippen molar-refractivity contribution in [2.45, 2.75) is 0 Å². The molecule has 1 rings (SSSR count). The average Bonchev–Trinajstić information content (AvgIpc) is 2.05. The second-order valence-corrected chi connectivity index (χ2v) is 1.95. The molecule has 0 unspecified atom stereocenters. The molecule has 0 aliphatic rings. The Labute approximate surface area is 68.2 Å². The SMILES string of the molecule is NC(=O)OC(=O)c1cccnc1. The van der Waals surface area contributed by atoms with E-state index < -0.39 is 12.1 Å². The third-order valence-electron chi connectivity index (χ3n) is 1.09. The largest absolute Gasteiger partial charge is 0.412 e. The fourth-order valence-corrected chi connectivity index (χ4v) is 0.634. The van der Waals surface area contributed by atoms with E-state index >= 15 is 0 Å². The second kappa shape index (κ2) is 3.47. The number of ether oxygens (including phenoxy) is 1. The van der Waals surface area contributed by atoms with Crippen molar-refractivity contribution >= 4 is 12.1 Å². The Balaban J connectivity index is 2.73. The van der Waals surface area contributed by atoms with Gasteiger partial charge in [-0.1, -0.05) is 0 Å². The molecule has 0 aliphatic carbocycles. The fraction of sp³-hybridized carbons (Fsp3) is 0. The first-order valence-electron chi connectivity index (χ1n) is 3.12. The molecule has 12 heavy (non-hydrogen) atoms. The van der Waals surface area contributed by atoms with Gasteiger partial charge in [0.1, 0.15) is 0 Å². The molecule has 62 valence electrons. The fourth-order valence-electron chi connectivity index (χ4n) is 0.634. The van der Waals surface area contributed by atoms with Crippen molar-refractivity contribution in [2.75, 3.05) is 0 Å². The molecular weight excluding hydrogens is 160 g/mol. The molecule has 0 aliphatic heterocycles. The van der Waals surface area contributed by atoms with Crippen LogP contribution in [0.3, 0.4) is 0 Å². The second-order valence-electron chi connectivity index (χ2n) is 1.95. The van der Waals surface area contributed by atoms with Gasteiger partial charge in [0.25, 0.3) is 0 Å². The van der Waals surface area contributed by atoms with Crippen LogP contribution >= 0.6 is 0 Å². The van der Waals surface area contributed by atoms with Crippen LogP contribution in [0, 0.1) is 0 Å². The summed E-state index contributed by atoms with van der Waals surface area (Å²) < 4.78 is 4.10. The lowest BCUT2D eigenvalue weighted by Crippen LogP contribution is -2.18. The topological polar surface area (TPSA) is 82.3 Å². The molecule has 2 N–H and O–H groups in total. The summed E-state index contributed by atoms with van der Waals surface area (Å²) in [6.45, 7) is 0. The Morgan fingerprint density at radius 2 is 2.25 bits per heavy atom. The first kappa shape index (κ1) is 8.19. The van der Waals surface area contributed by atoms with Crippen LogP contribution in [0.5, 0.6) is 0 Å². The van der Waals surface area contributed by atoms with Gasteiger partial charge in [-0.2, -0.15) is 0 Å². The minimum absolute atomic E-state index is 0.191. The zero-order valence-electron chi connectivity index (χ0n) is 6.06. The standard InChI is InChI=1S/C7H6N2O3/c8-7(11)12-6(10)5-2-1-3-9-4-5/h1-4H,(H2,8,11). The van der Waals surface area contributed by atoms with Crippen LogP contribution in [-0.2, 0) is 4.74 Å². The third-order valence-corrected chi connectivity index (χ3v) is 1.09. The molecule has 0 radical (unpaired) electrons. The van der Waals surface area contributed by atoms with Crippen molar-refractivity contribution in [3.63, 3.8) is 0 Å². The van der Waals surface area contributed by atoms with Crippen LogP contribution < -0.4 is 5.73 Å². The first-order chi connectivity index (χ1) is 5.70. The van der Waals surface area contributed by atoms with E-state index in [1.54, 1.807) is 6.07 Å². The van der Waals surface area contributed by atoms with Crippen molar-refractivity contribution in [1.82, 2.24) is 4.98 Å². The molecule has 5 heteroatoms. The average molecular weight is 166 g/mol. The van der Waals surface area contributed by atoms with E-state index in [1.807, 2.05) is 0 Å². The molecule has 0 spiro atoms. The van der Waals surface area contributed by atoms with Gasteiger partial charge < -0.3 is 10.5 Å². The molecular formula is C7H6N2O3. The Hall–Kier alpha value is -1.91. The number of rotatable bonds is 1. The van der Waals surface area contributed by atoms with Crippen LogP contribution in [0.1, 0.15) is 10.4 Å². The summed E-state index contributed by atoms with van der Waals surface area (Å²) in [4.78, 5) is 24.7. The summed E-state index contributed by atoms with van der Waals surface area (Å²) in [5.74, 6) is -0.796. The third kappa shape index (κ3) is 2.05. The normalized spacial score (nSPS) is 9.00. The van der Waals surface area contributed by atoms with Gasteiger partial charge in [-0.15, -0.1) is 0 Å². The van der Waals surface area contributed by atoms with Gasteiger partial charge in [0, 0.05) is 12.4 Å². The maximum Gasteiger partial charge on any atom is 0.412 e. The number of primary amides is 1. The number of esters is 1. The molecule has 0 saturated carbocycles.